The van der Waals surface area contributed by atoms with Gasteiger partial charge < -0.3 is 8.85 Å². The van der Waals surface area contributed by atoms with Gasteiger partial charge in [0.15, 0.2) is 10.1 Å². The SMILES string of the molecule is Cc1cc(O[Si](C)(C)C)sc1O[Si](C)(C)C. The Hall–Kier alpha value is -0.266. The summed E-state index contributed by atoms with van der Waals surface area (Å²) >= 11 is 1.64. The van der Waals surface area contributed by atoms with Crippen molar-refractivity contribution in [1.29, 1.82) is 0 Å². The maximum atomic E-state index is 6.02. The summed E-state index contributed by atoms with van der Waals surface area (Å²) in [5, 5.41) is 2.04. The molecule has 2 nitrogen and oxygen atoms in total. The van der Waals surface area contributed by atoms with Gasteiger partial charge in [-0.15, -0.1) is 0 Å². The van der Waals surface area contributed by atoms with E-state index in [4.69, 9.17) is 8.85 Å². The smallest absolute Gasteiger partial charge is 0.243 e. The second kappa shape index (κ2) is 4.54. The molecule has 0 radical (unpaired) electrons. The van der Waals surface area contributed by atoms with E-state index in [9.17, 15) is 0 Å². The third-order valence-corrected chi connectivity index (χ3v) is 4.59. The third-order valence-electron chi connectivity index (χ3n) is 1.66. The van der Waals surface area contributed by atoms with Crippen LogP contribution < -0.4 is 8.85 Å². The highest BCUT2D eigenvalue weighted by molar-refractivity contribution is 7.16. The van der Waals surface area contributed by atoms with Crippen LogP contribution in [0.5, 0.6) is 10.1 Å². The lowest BCUT2D eigenvalue weighted by Crippen LogP contribution is -2.29. The van der Waals surface area contributed by atoms with Crippen molar-refractivity contribution in [2.75, 3.05) is 0 Å². The molecule has 0 aliphatic rings. The average molecular weight is 275 g/mol. The summed E-state index contributed by atoms with van der Waals surface area (Å²) in [6.07, 6.45) is 0. The van der Waals surface area contributed by atoms with Crippen LogP contribution in [0.4, 0.5) is 0 Å². The molecule has 0 aliphatic heterocycles. The Morgan fingerprint density at radius 2 is 1.44 bits per heavy atom. The molecule has 1 heterocycles. The largest absolute Gasteiger partial charge is 0.537 e. The Labute approximate surface area is 105 Å². The fourth-order valence-electron chi connectivity index (χ4n) is 1.17. The predicted molar refractivity (Wildman–Crippen MR) is 77.0 cm³/mol. The van der Waals surface area contributed by atoms with Crippen LogP contribution in [-0.4, -0.2) is 16.6 Å². The van der Waals surface area contributed by atoms with E-state index in [1.807, 2.05) is 0 Å². The molecule has 16 heavy (non-hydrogen) atoms. The van der Waals surface area contributed by atoms with Crippen molar-refractivity contribution in [2.24, 2.45) is 0 Å². The van der Waals surface area contributed by atoms with Crippen LogP contribution in [0.1, 0.15) is 5.56 Å². The summed E-state index contributed by atoms with van der Waals surface area (Å²) in [6.45, 7) is 15.3. The van der Waals surface area contributed by atoms with Gasteiger partial charge in [-0.3, -0.25) is 0 Å². The quantitative estimate of drug-likeness (QED) is 0.754. The van der Waals surface area contributed by atoms with Gasteiger partial charge in [0.25, 0.3) is 0 Å². The van der Waals surface area contributed by atoms with E-state index in [-0.39, 0.29) is 0 Å². The molecular weight excluding hydrogens is 252 g/mol. The van der Waals surface area contributed by atoms with Crippen LogP contribution in [0.25, 0.3) is 0 Å². The summed E-state index contributed by atoms with van der Waals surface area (Å²) in [4.78, 5) is 0. The molecule has 1 aromatic rings. The zero-order valence-corrected chi connectivity index (χ0v) is 14.1. The van der Waals surface area contributed by atoms with E-state index in [0.717, 1.165) is 10.1 Å². The van der Waals surface area contributed by atoms with Gasteiger partial charge in [-0.2, -0.15) is 0 Å². The van der Waals surface area contributed by atoms with Crippen molar-refractivity contribution >= 4 is 28.0 Å². The molecule has 5 heteroatoms. The predicted octanol–water partition coefficient (Wildman–Crippen LogP) is 4.48. The highest BCUT2D eigenvalue weighted by Crippen LogP contribution is 2.38. The molecule has 0 bridgehead atoms. The number of hydrogen-bond acceptors (Lipinski definition) is 3. The highest BCUT2D eigenvalue weighted by atomic mass is 32.1. The molecule has 0 aromatic carbocycles. The molecule has 0 fully saturated rings. The first-order valence-electron chi connectivity index (χ1n) is 5.55. The van der Waals surface area contributed by atoms with Crippen LogP contribution in [0, 0.1) is 6.92 Å². The Morgan fingerprint density at radius 3 is 1.88 bits per heavy atom. The minimum atomic E-state index is -1.51. The highest BCUT2D eigenvalue weighted by Gasteiger charge is 2.22. The van der Waals surface area contributed by atoms with Crippen molar-refractivity contribution < 1.29 is 8.85 Å². The molecule has 0 unspecified atom stereocenters. The standard InChI is InChI=1S/C11H22O2SSi2/c1-9-8-10(12-15(2,3)4)14-11(9)13-16(5,6)7/h8H,1-7H3. The third kappa shape index (κ3) is 4.71. The maximum Gasteiger partial charge on any atom is 0.243 e. The fourth-order valence-corrected chi connectivity index (χ4v) is 5.02. The first-order chi connectivity index (χ1) is 7.07. The van der Waals surface area contributed by atoms with Crippen LogP contribution in [0.3, 0.4) is 0 Å². The van der Waals surface area contributed by atoms with E-state index in [1.165, 1.54) is 5.56 Å². The molecule has 0 amide bonds. The Kier molecular flexibility index (Phi) is 3.92. The topological polar surface area (TPSA) is 18.5 Å². The van der Waals surface area contributed by atoms with Crippen molar-refractivity contribution in [1.82, 2.24) is 0 Å². The van der Waals surface area contributed by atoms with Crippen LogP contribution in [-0.2, 0) is 0 Å². The lowest BCUT2D eigenvalue weighted by Gasteiger charge is -2.18. The molecule has 92 valence electrons. The van der Waals surface area contributed by atoms with Crippen molar-refractivity contribution in [2.45, 2.75) is 46.2 Å². The van der Waals surface area contributed by atoms with Gasteiger partial charge in [-0.25, -0.2) is 0 Å². The van der Waals surface area contributed by atoms with Gasteiger partial charge in [-0.1, -0.05) is 11.3 Å². The number of hydrogen-bond donors (Lipinski definition) is 0. The monoisotopic (exact) mass is 274 g/mol. The molecule has 1 aromatic heterocycles. The molecule has 0 saturated heterocycles. The van der Waals surface area contributed by atoms with Gasteiger partial charge in [0, 0.05) is 5.56 Å². The second-order valence-electron chi connectivity index (χ2n) is 5.96. The molecule has 0 atom stereocenters. The summed E-state index contributed by atoms with van der Waals surface area (Å²) < 4.78 is 12.0. The van der Waals surface area contributed by atoms with Crippen LogP contribution >= 0.6 is 11.3 Å². The molecule has 0 aliphatic carbocycles. The van der Waals surface area contributed by atoms with Crippen LogP contribution in [0.15, 0.2) is 6.07 Å². The molecule has 1 rings (SSSR count). The molecule has 0 saturated carbocycles. The first kappa shape index (κ1) is 13.8. The fraction of sp³-hybridized carbons (Fsp3) is 0.636. The first-order valence-corrected chi connectivity index (χ1v) is 13.2. The molecule has 0 N–H and O–H groups in total. The maximum absolute atomic E-state index is 6.02. The van der Waals surface area contributed by atoms with Crippen molar-refractivity contribution in [3.05, 3.63) is 11.6 Å². The van der Waals surface area contributed by atoms with E-state index in [0.29, 0.717) is 0 Å². The number of rotatable bonds is 4. The van der Waals surface area contributed by atoms with Gasteiger partial charge in [-0.05, 0) is 52.3 Å². The zero-order valence-electron chi connectivity index (χ0n) is 11.3. The van der Waals surface area contributed by atoms with E-state index in [2.05, 4.69) is 52.3 Å². The molecular formula is C11H22O2SSi2. The van der Waals surface area contributed by atoms with Crippen molar-refractivity contribution in [3.8, 4) is 10.1 Å². The lowest BCUT2D eigenvalue weighted by atomic mass is 10.4. The summed E-state index contributed by atoms with van der Waals surface area (Å²) in [7, 11) is -3.01. The summed E-state index contributed by atoms with van der Waals surface area (Å²) in [6, 6.07) is 2.10. The Balaban J connectivity index is 2.82. The Morgan fingerprint density at radius 1 is 0.938 bits per heavy atom. The summed E-state index contributed by atoms with van der Waals surface area (Å²) in [5.41, 5.74) is 1.20. The molecule has 0 spiro atoms. The van der Waals surface area contributed by atoms with Gasteiger partial charge in [0.1, 0.15) is 0 Å². The van der Waals surface area contributed by atoms with Gasteiger partial charge >= 0.3 is 0 Å². The minimum absolute atomic E-state index is 1.00. The van der Waals surface area contributed by atoms with E-state index in [1.54, 1.807) is 11.3 Å². The van der Waals surface area contributed by atoms with Crippen molar-refractivity contribution in [3.63, 3.8) is 0 Å². The van der Waals surface area contributed by atoms with Gasteiger partial charge in [0.2, 0.25) is 16.6 Å². The zero-order chi connectivity index (χ0) is 12.6. The average Bonchev–Trinajstić information content (AvgIpc) is 2.23. The summed E-state index contributed by atoms with van der Waals surface area (Å²) in [5.74, 6) is 0. The number of thiophene rings is 1. The number of aryl methyl sites for hydroxylation is 1. The van der Waals surface area contributed by atoms with E-state index < -0.39 is 16.6 Å². The Bertz CT molecular complexity index is 361. The van der Waals surface area contributed by atoms with Crippen LogP contribution in [0.2, 0.25) is 39.3 Å². The van der Waals surface area contributed by atoms with Gasteiger partial charge in [0.05, 0.1) is 0 Å². The van der Waals surface area contributed by atoms with E-state index >= 15 is 0 Å². The minimum Gasteiger partial charge on any atom is -0.537 e. The lowest BCUT2D eigenvalue weighted by molar-refractivity contribution is 0.569. The second-order valence-corrected chi connectivity index (χ2v) is 15.8. The normalized spacial score (nSPS) is 12.7.